The number of aliphatic carboxylic acids is 1. The molecule has 1 aromatic rings. The Balaban J connectivity index is 2.80. The lowest BCUT2D eigenvalue weighted by Crippen LogP contribution is -2.49. The van der Waals surface area contributed by atoms with Gasteiger partial charge in [-0.05, 0) is 6.92 Å². The van der Waals surface area contributed by atoms with Crippen LogP contribution < -0.4 is 11.1 Å². The van der Waals surface area contributed by atoms with Crippen LogP contribution in [-0.4, -0.2) is 63.7 Å². The smallest absolute Gasteiger partial charge is 0.323 e. The molecule has 0 heterocycles. The molecule has 9 nitrogen and oxygen atoms in total. The van der Waals surface area contributed by atoms with Crippen LogP contribution >= 0.6 is 11.8 Å². The highest BCUT2D eigenvalue weighted by Crippen LogP contribution is 2.19. The van der Waals surface area contributed by atoms with E-state index >= 15 is 0 Å². The molecule has 1 unspecified atom stereocenters. The second-order valence-electron chi connectivity index (χ2n) is 5.11. The van der Waals surface area contributed by atoms with Crippen molar-refractivity contribution in [1.82, 2.24) is 10.2 Å². The van der Waals surface area contributed by atoms with E-state index in [4.69, 9.17) is 10.8 Å². The van der Waals surface area contributed by atoms with E-state index in [1.165, 1.54) is 6.92 Å². The molecule has 4 N–H and O–H groups in total. The van der Waals surface area contributed by atoms with E-state index in [1.807, 2.05) is 0 Å². The molecule has 10 heteroatoms. The van der Waals surface area contributed by atoms with E-state index in [0.29, 0.717) is 22.2 Å². The third-order valence-electron chi connectivity index (χ3n) is 3.12. The first kappa shape index (κ1) is 21.3. The minimum absolute atomic E-state index is 0.349. The molecule has 0 aliphatic heterocycles. The summed E-state index contributed by atoms with van der Waals surface area (Å²) in [7, 11) is 0. The van der Waals surface area contributed by atoms with Gasteiger partial charge in [0.2, 0.25) is 22.8 Å². The number of imide groups is 1. The normalized spacial score (nSPS) is 11.3. The van der Waals surface area contributed by atoms with Crippen LogP contribution in [0.5, 0.6) is 0 Å². The zero-order chi connectivity index (χ0) is 19.7. The minimum atomic E-state index is -1.40. The Labute approximate surface area is 153 Å². The van der Waals surface area contributed by atoms with Crippen molar-refractivity contribution in [3.8, 4) is 0 Å². The molecule has 1 rings (SSSR count). The van der Waals surface area contributed by atoms with Crippen LogP contribution in [0.3, 0.4) is 0 Å². The predicted molar refractivity (Wildman–Crippen MR) is 94.2 cm³/mol. The molecular formula is C16H19N3O6S. The highest BCUT2D eigenvalue weighted by molar-refractivity contribution is 8.15. The van der Waals surface area contributed by atoms with Gasteiger partial charge in [-0.25, -0.2) is 0 Å². The Bertz CT molecular complexity index is 694. The van der Waals surface area contributed by atoms with Crippen molar-refractivity contribution in [1.29, 1.82) is 0 Å². The summed E-state index contributed by atoms with van der Waals surface area (Å²) in [5.74, 6) is -3.77. The monoisotopic (exact) mass is 381 g/mol. The van der Waals surface area contributed by atoms with Gasteiger partial charge in [0.15, 0.2) is 0 Å². The van der Waals surface area contributed by atoms with Gasteiger partial charge in [0.25, 0.3) is 0 Å². The SMILES string of the molecule is CC(SC(=O)c1ccccc1)C(=O)N(CC(=O)O)C(=O)CNC(=O)CN. The van der Waals surface area contributed by atoms with Gasteiger partial charge in [-0.3, -0.25) is 28.9 Å². The van der Waals surface area contributed by atoms with Crippen molar-refractivity contribution >= 4 is 40.6 Å². The van der Waals surface area contributed by atoms with E-state index < -0.39 is 42.0 Å². The van der Waals surface area contributed by atoms with Crippen LogP contribution in [0.15, 0.2) is 30.3 Å². The molecule has 0 saturated heterocycles. The van der Waals surface area contributed by atoms with Crippen LogP contribution in [-0.2, 0) is 19.2 Å². The Morgan fingerprint density at radius 1 is 1.19 bits per heavy atom. The number of nitrogens with two attached hydrogens (primary N) is 1. The van der Waals surface area contributed by atoms with Gasteiger partial charge in [0.1, 0.15) is 6.54 Å². The van der Waals surface area contributed by atoms with Crippen LogP contribution in [0.1, 0.15) is 17.3 Å². The van der Waals surface area contributed by atoms with Crippen molar-refractivity contribution in [2.45, 2.75) is 12.2 Å². The number of rotatable bonds is 8. The standard InChI is InChI=1S/C16H19N3O6S/c1-10(26-16(25)11-5-3-2-4-6-11)15(24)19(9-14(22)23)13(21)8-18-12(20)7-17/h2-6,10H,7-9,17H2,1H3,(H,18,20)(H,22,23). The molecule has 0 aromatic heterocycles. The van der Waals surface area contributed by atoms with Gasteiger partial charge in [-0.1, -0.05) is 42.1 Å². The van der Waals surface area contributed by atoms with E-state index in [-0.39, 0.29) is 11.7 Å². The summed E-state index contributed by atoms with van der Waals surface area (Å²) in [5.41, 5.74) is 5.47. The maximum atomic E-state index is 12.4. The van der Waals surface area contributed by atoms with Gasteiger partial charge < -0.3 is 16.2 Å². The lowest BCUT2D eigenvalue weighted by Gasteiger charge is -2.22. The van der Waals surface area contributed by atoms with Crippen LogP contribution in [0.25, 0.3) is 0 Å². The zero-order valence-electron chi connectivity index (χ0n) is 14.0. The summed E-state index contributed by atoms with van der Waals surface area (Å²) in [4.78, 5) is 59.2. The van der Waals surface area contributed by atoms with Crippen LogP contribution in [0, 0.1) is 0 Å². The second kappa shape index (κ2) is 10.3. The molecule has 0 radical (unpaired) electrons. The fourth-order valence-electron chi connectivity index (χ4n) is 1.84. The first-order valence-corrected chi connectivity index (χ1v) is 8.43. The molecule has 140 valence electrons. The Kier molecular flexibility index (Phi) is 8.46. The number of carboxylic acid groups (broad SMARTS) is 1. The van der Waals surface area contributed by atoms with Gasteiger partial charge >= 0.3 is 5.97 Å². The molecule has 0 aliphatic rings. The number of amides is 3. The summed E-state index contributed by atoms with van der Waals surface area (Å²) < 4.78 is 0. The van der Waals surface area contributed by atoms with E-state index in [9.17, 15) is 24.0 Å². The highest BCUT2D eigenvalue weighted by Gasteiger charge is 2.30. The van der Waals surface area contributed by atoms with Gasteiger partial charge in [-0.2, -0.15) is 0 Å². The number of benzene rings is 1. The van der Waals surface area contributed by atoms with Crippen molar-refractivity contribution in [2.24, 2.45) is 5.73 Å². The second-order valence-corrected chi connectivity index (χ2v) is 6.42. The first-order chi connectivity index (χ1) is 12.3. The third-order valence-corrected chi connectivity index (χ3v) is 4.13. The number of carbonyl (C=O) groups excluding carboxylic acids is 4. The van der Waals surface area contributed by atoms with Gasteiger partial charge in [0, 0.05) is 5.56 Å². The summed E-state index contributed by atoms with van der Waals surface area (Å²) >= 11 is 0.680. The Morgan fingerprint density at radius 3 is 2.35 bits per heavy atom. The van der Waals surface area contributed by atoms with E-state index in [2.05, 4.69) is 5.32 Å². The first-order valence-electron chi connectivity index (χ1n) is 7.55. The summed E-state index contributed by atoms with van der Waals surface area (Å²) in [5, 5.41) is 9.72. The average molecular weight is 381 g/mol. The minimum Gasteiger partial charge on any atom is -0.480 e. The van der Waals surface area contributed by atoms with Crippen molar-refractivity contribution in [3.05, 3.63) is 35.9 Å². The summed E-state index contributed by atoms with van der Waals surface area (Å²) in [6.45, 7) is -0.397. The highest BCUT2D eigenvalue weighted by atomic mass is 32.2. The third kappa shape index (κ3) is 6.65. The molecular weight excluding hydrogens is 362 g/mol. The van der Waals surface area contributed by atoms with Crippen LogP contribution in [0.2, 0.25) is 0 Å². The fourth-order valence-corrected chi connectivity index (χ4v) is 2.66. The van der Waals surface area contributed by atoms with Gasteiger partial charge in [0.05, 0.1) is 18.3 Å². The molecule has 0 spiro atoms. The maximum absolute atomic E-state index is 12.4. The van der Waals surface area contributed by atoms with Crippen molar-refractivity contribution in [2.75, 3.05) is 19.6 Å². The van der Waals surface area contributed by atoms with E-state index in [1.54, 1.807) is 30.3 Å². The molecule has 0 bridgehead atoms. The fraction of sp³-hybridized carbons (Fsp3) is 0.312. The molecule has 0 aliphatic carbocycles. The number of hydrogen-bond acceptors (Lipinski definition) is 7. The maximum Gasteiger partial charge on any atom is 0.323 e. The molecule has 1 atom stereocenters. The van der Waals surface area contributed by atoms with Gasteiger partial charge in [-0.15, -0.1) is 0 Å². The number of thioether (sulfide) groups is 1. The zero-order valence-corrected chi connectivity index (χ0v) is 14.8. The number of hydrogen-bond donors (Lipinski definition) is 3. The molecule has 26 heavy (non-hydrogen) atoms. The van der Waals surface area contributed by atoms with Crippen LogP contribution in [0.4, 0.5) is 0 Å². The average Bonchev–Trinajstić information content (AvgIpc) is 2.63. The Morgan fingerprint density at radius 2 is 1.81 bits per heavy atom. The lowest BCUT2D eigenvalue weighted by molar-refractivity contribution is -0.152. The topological polar surface area (TPSA) is 147 Å². The molecule has 3 amide bonds. The number of carboxylic acids is 1. The quantitative estimate of drug-likeness (QED) is 0.544. The van der Waals surface area contributed by atoms with Crippen molar-refractivity contribution < 1.29 is 29.1 Å². The number of carbonyl (C=O) groups is 5. The summed E-state index contributed by atoms with van der Waals surface area (Å²) in [6.07, 6.45) is 0. The largest absolute Gasteiger partial charge is 0.480 e. The molecule has 0 saturated carbocycles. The van der Waals surface area contributed by atoms with Crippen molar-refractivity contribution in [3.63, 3.8) is 0 Å². The number of nitrogens with zero attached hydrogens (tertiary/aromatic N) is 1. The predicted octanol–water partition coefficient (Wildman–Crippen LogP) is -0.537. The Hall–Kier alpha value is -2.72. The molecule has 1 aromatic carbocycles. The van der Waals surface area contributed by atoms with E-state index in [0.717, 1.165) is 0 Å². The molecule has 0 fully saturated rings. The lowest BCUT2D eigenvalue weighted by atomic mass is 10.2. The summed E-state index contributed by atoms with van der Waals surface area (Å²) in [6, 6.07) is 8.23. The number of nitrogens with one attached hydrogen (secondary N) is 1.